The molecule has 0 heterocycles. The van der Waals surface area contributed by atoms with Crippen molar-refractivity contribution in [2.75, 3.05) is 0 Å². The van der Waals surface area contributed by atoms with Gasteiger partial charge in [-0.3, -0.25) is 9.59 Å². The average Bonchev–Trinajstić information content (AvgIpc) is 2.70. The van der Waals surface area contributed by atoms with E-state index in [-0.39, 0.29) is 13.2 Å². The average molecular weight is 367 g/mol. The van der Waals surface area contributed by atoms with Crippen LogP contribution in [0.1, 0.15) is 17.5 Å². The summed E-state index contributed by atoms with van der Waals surface area (Å²) in [6.07, 6.45) is -0.457. The standard InChI is InChI=1S/C20H21N3O4/c21-14-20(22,23)17(19(25)27-13-16-9-5-2-6-10-16)11-18(24)26-12-15-7-3-1-4-8-15/h1-10,17H,11-13,22-23H2. The van der Waals surface area contributed by atoms with Crippen molar-refractivity contribution in [1.29, 1.82) is 5.26 Å². The molecule has 0 aliphatic rings. The highest BCUT2D eigenvalue weighted by molar-refractivity contribution is 5.81. The Balaban J connectivity index is 1.97. The van der Waals surface area contributed by atoms with Crippen molar-refractivity contribution in [3.8, 4) is 6.07 Å². The zero-order valence-electron chi connectivity index (χ0n) is 14.7. The number of nitrogens with zero attached hydrogens (tertiary/aromatic N) is 1. The third-order valence-corrected chi connectivity index (χ3v) is 3.89. The normalized spacial score (nSPS) is 11.9. The van der Waals surface area contributed by atoms with E-state index in [1.807, 2.05) is 24.3 Å². The van der Waals surface area contributed by atoms with Crippen LogP contribution in [0.15, 0.2) is 60.7 Å². The molecule has 4 N–H and O–H groups in total. The molecule has 0 fully saturated rings. The van der Waals surface area contributed by atoms with Crippen LogP contribution in [-0.2, 0) is 32.3 Å². The molecule has 0 spiro atoms. The molecule has 2 aromatic rings. The molecule has 1 unspecified atom stereocenters. The molecule has 7 nitrogen and oxygen atoms in total. The Hall–Kier alpha value is -3.21. The van der Waals surface area contributed by atoms with E-state index in [1.54, 1.807) is 42.5 Å². The topological polar surface area (TPSA) is 128 Å². The van der Waals surface area contributed by atoms with Crippen LogP contribution in [0.25, 0.3) is 0 Å². The van der Waals surface area contributed by atoms with Crippen molar-refractivity contribution >= 4 is 11.9 Å². The zero-order chi connectivity index (χ0) is 19.7. The van der Waals surface area contributed by atoms with Crippen molar-refractivity contribution in [3.05, 3.63) is 71.8 Å². The van der Waals surface area contributed by atoms with Gasteiger partial charge in [0, 0.05) is 0 Å². The number of rotatable bonds is 8. The fourth-order valence-electron chi connectivity index (χ4n) is 2.32. The highest BCUT2D eigenvalue weighted by Crippen LogP contribution is 2.18. The molecule has 140 valence electrons. The minimum absolute atomic E-state index is 0.0171. The predicted molar refractivity (Wildman–Crippen MR) is 97.3 cm³/mol. The fraction of sp³-hybridized carbons (Fsp3) is 0.250. The molecule has 0 aliphatic heterocycles. The first-order valence-corrected chi connectivity index (χ1v) is 8.31. The van der Waals surface area contributed by atoms with Crippen LogP contribution in [0.5, 0.6) is 0 Å². The van der Waals surface area contributed by atoms with Gasteiger partial charge in [0.05, 0.1) is 6.42 Å². The lowest BCUT2D eigenvalue weighted by Crippen LogP contribution is -2.57. The Labute approximate surface area is 157 Å². The van der Waals surface area contributed by atoms with Crippen LogP contribution in [0.3, 0.4) is 0 Å². The maximum atomic E-state index is 12.4. The Morgan fingerprint density at radius 1 is 0.926 bits per heavy atom. The summed E-state index contributed by atoms with van der Waals surface area (Å²) >= 11 is 0. The molecule has 2 rings (SSSR count). The van der Waals surface area contributed by atoms with Gasteiger partial charge in [-0.25, -0.2) is 0 Å². The highest BCUT2D eigenvalue weighted by Gasteiger charge is 2.40. The molecule has 0 aliphatic carbocycles. The van der Waals surface area contributed by atoms with Gasteiger partial charge in [0.1, 0.15) is 25.2 Å². The van der Waals surface area contributed by atoms with Gasteiger partial charge in [0.15, 0.2) is 5.66 Å². The van der Waals surface area contributed by atoms with E-state index < -0.39 is 29.9 Å². The number of ether oxygens (including phenoxy) is 2. The number of carbonyl (C=O) groups is 2. The number of esters is 2. The number of nitriles is 1. The Morgan fingerprint density at radius 3 is 1.89 bits per heavy atom. The SMILES string of the molecule is N#CC(N)(N)C(CC(=O)OCc1ccccc1)C(=O)OCc1ccccc1. The van der Waals surface area contributed by atoms with Gasteiger partial charge < -0.3 is 20.9 Å². The molecule has 0 amide bonds. The van der Waals surface area contributed by atoms with Crippen LogP contribution in [0.4, 0.5) is 0 Å². The highest BCUT2D eigenvalue weighted by atomic mass is 16.5. The van der Waals surface area contributed by atoms with Gasteiger partial charge >= 0.3 is 11.9 Å². The van der Waals surface area contributed by atoms with Crippen molar-refractivity contribution in [3.63, 3.8) is 0 Å². The molecule has 0 saturated carbocycles. The number of nitrogens with two attached hydrogens (primary N) is 2. The van der Waals surface area contributed by atoms with E-state index in [9.17, 15) is 9.59 Å². The molecule has 27 heavy (non-hydrogen) atoms. The summed E-state index contributed by atoms with van der Waals surface area (Å²) in [6.45, 7) is 0.0247. The van der Waals surface area contributed by atoms with E-state index in [1.165, 1.54) is 0 Å². The number of carbonyl (C=O) groups excluding carboxylic acids is 2. The van der Waals surface area contributed by atoms with Gasteiger partial charge in [-0.15, -0.1) is 0 Å². The smallest absolute Gasteiger partial charge is 0.314 e. The van der Waals surface area contributed by atoms with Gasteiger partial charge in [0.25, 0.3) is 0 Å². The molecular weight excluding hydrogens is 346 g/mol. The third-order valence-electron chi connectivity index (χ3n) is 3.89. The van der Waals surface area contributed by atoms with Crippen LogP contribution in [0.2, 0.25) is 0 Å². The molecule has 0 bridgehead atoms. The summed E-state index contributed by atoms with van der Waals surface area (Å²) in [5, 5.41) is 9.16. The van der Waals surface area contributed by atoms with Gasteiger partial charge in [-0.2, -0.15) is 5.26 Å². The monoisotopic (exact) mass is 367 g/mol. The molecule has 7 heteroatoms. The number of benzene rings is 2. The second kappa shape index (κ2) is 9.48. The van der Waals surface area contributed by atoms with Crippen LogP contribution < -0.4 is 11.5 Å². The van der Waals surface area contributed by atoms with Crippen LogP contribution in [-0.4, -0.2) is 17.6 Å². The summed E-state index contributed by atoms with van der Waals surface area (Å²) < 4.78 is 10.3. The van der Waals surface area contributed by atoms with E-state index in [4.69, 9.17) is 26.2 Å². The van der Waals surface area contributed by atoms with Crippen molar-refractivity contribution in [2.24, 2.45) is 17.4 Å². The molecule has 1 atom stereocenters. The second-order valence-corrected chi connectivity index (χ2v) is 6.04. The summed E-state index contributed by atoms with van der Waals surface area (Å²) in [6, 6.07) is 19.7. The molecule has 2 aromatic carbocycles. The summed E-state index contributed by atoms with van der Waals surface area (Å²) in [5.74, 6) is -2.88. The van der Waals surface area contributed by atoms with Crippen molar-refractivity contribution in [1.82, 2.24) is 0 Å². The number of hydrogen-bond donors (Lipinski definition) is 2. The third kappa shape index (κ3) is 6.22. The lowest BCUT2D eigenvalue weighted by Gasteiger charge is -2.25. The van der Waals surface area contributed by atoms with Gasteiger partial charge in [-0.05, 0) is 11.1 Å². The first-order chi connectivity index (χ1) is 12.9. The molecule has 0 aromatic heterocycles. The minimum Gasteiger partial charge on any atom is -0.461 e. The molecular formula is C20H21N3O4. The maximum absolute atomic E-state index is 12.4. The summed E-state index contributed by atoms with van der Waals surface area (Å²) in [7, 11) is 0. The van der Waals surface area contributed by atoms with Gasteiger partial charge in [0.2, 0.25) is 0 Å². The van der Waals surface area contributed by atoms with E-state index in [0.29, 0.717) is 0 Å². The largest absolute Gasteiger partial charge is 0.461 e. The first-order valence-electron chi connectivity index (χ1n) is 8.31. The maximum Gasteiger partial charge on any atom is 0.314 e. The minimum atomic E-state index is -2.06. The lowest BCUT2D eigenvalue weighted by molar-refractivity contribution is -0.158. The molecule has 0 saturated heterocycles. The molecule has 0 radical (unpaired) electrons. The fourth-order valence-corrected chi connectivity index (χ4v) is 2.32. The predicted octanol–water partition coefficient (Wildman–Crippen LogP) is 1.62. The Bertz CT molecular complexity index is 801. The lowest BCUT2D eigenvalue weighted by atomic mass is 9.92. The quantitative estimate of drug-likeness (QED) is 0.536. The van der Waals surface area contributed by atoms with E-state index >= 15 is 0 Å². The van der Waals surface area contributed by atoms with Gasteiger partial charge in [-0.1, -0.05) is 60.7 Å². The van der Waals surface area contributed by atoms with E-state index in [2.05, 4.69) is 0 Å². The first kappa shape index (κ1) is 20.1. The van der Waals surface area contributed by atoms with Crippen LogP contribution in [0, 0.1) is 17.2 Å². The second-order valence-electron chi connectivity index (χ2n) is 6.04. The Kier molecular flexibility index (Phi) is 7.06. The summed E-state index contributed by atoms with van der Waals surface area (Å²) in [4.78, 5) is 24.5. The zero-order valence-corrected chi connectivity index (χ0v) is 14.7. The Morgan fingerprint density at radius 2 is 1.41 bits per heavy atom. The van der Waals surface area contributed by atoms with Crippen molar-refractivity contribution < 1.29 is 19.1 Å². The van der Waals surface area contributed by atoms with E-state index in [0.717, 1.165) is 11.1 Å². The van der Waals surface area contributed by atoms with Crippen molar-refractivity contribution in [2.45, 2.75) is 25.3 Å². The van der Waals surface area contributed by atoms with Crippen LogP contribution >= 0.6 is 0 Å². The summed E-state index contributed by atoms with van der Waals surface area (Å²) in [5.41, 5.74) is 10.9. The number of hydrogen-bond acceptors (Lipinski definition) is 7.